The topological polar surface area (TPSA) is 76.4 Å². The quantitative estimate of drug-likeness (QED) is 0.638. The minimum Gasteiger partial charge on any atom is -0.497 e. The molecule has 1 saturated heterocycles. The van der Waals surface area contributed by atoms with E-state index in [9.17, 15) is 4.79 Å². The van der Waals surface area contributed by atoms with Gasteiger partial charge in [0.15, 0.2) is 0 Å². The Morgan fingerprint density at radius 1 is 1.07 bits per heavy atom. The van der Waals surface area contributed by atoms with Crippen LogP contribution in [0.4, 0.5) is 5.82 Å². The number of imidazole rings is 1. The van der Waals surface area contributed by atoms with Crippen molar-refractivity contribution < 1.29 is 9.53 Å². The van der Waals surface area contributed by atoms with E-state index in [1.807, 2.05) is 46.0 Å². The third-order valence-electron chi connectivity index (χ3n) is 5.15. The number of carbonyl (C=O) groups is 1. The highest BCUT2D eigenvalue weighted by Gasteiger charge is 2.22. The third-order valence-corrected chi connectivity index (χ3v) is 5.15. The van der Waals surface area contributed by atoms with Crippen molar-refractivity contribution in [2.24, 2.45) is 0 Å². The molecule has 150 valence electrons. The van der Waals surface area contributed by atoms with Crippen LogP contribution in [0.3, 0.4) is 0 Å². The van der Waals surface area contributed by atoms with Gasteiger partial charge in [0.25, 0.3) is 0 Å². The Morgan fingerprint density at radius 3 is 2.52 bits per heavy atom. The number of rotatable bonds is 6. The number of nitrogens with zero attached hydrogens (tertiary/aromatic N) is 6. The molecule has 3 heterocycles. The van der Waals surface area contributed by atoms with Gasteiger partial charge in [-0.1, -0.05) is 12.1 Å². The van der Waals surface area contributed by atoms with Gasteiger partial charge in [0.05, 0.1) is 7.11 Å². The number of aryl methyl sites for hydroxylation is 1. The van der Waals surface area contributed by atoms with E-state index in [1.165, 1.54) is 0 Å². The molecule has 1 aliphatic rings. The van der Waals surface area contributed by atoms with Crippen molar-refractivity contribution in [2.45, 2.75) is 12.8 Å². The lowest BCUT2D eigenvalue weighted by molar-refractivity contribution is -0.131. The van der Waals surface area contributed by atoms with Crippen LogP contribution >= 0.6 is 0 Å². The van der Waals surface area contributed by atoms with Gasteiger partial charge in [0.1, 0.15) is 30.0 Å². The summed E-state index contributed by atoms with van der Waals surface area (Å²) >= 11 is 0. The molecule has 0 aliphatic carbocycles. The minimum absolute atomic E-state index is 0.197. The Balaban J connectivity index is 1.30. The largest absolute Gasteiger partial charge is 0.497 e. The van der Waals surface area contributed by atoms with Gasteiger partial charge in [0, 0.05) is 51.1 Å². The number of methoxy groups -OCH3 is 1. The zero-order valence-electron chi connectivity index (χ0n) is 16.4. The van der Waals surface area contributed by atoms with Crippen LogP contribution in [-0.2, 0) is 11.2 Å². The Kier molecular flexibility index (Phi) is 5.69. The Morgan fingerprint density at radius 2 is 1.83 bits per heavy atom. The smallest absolute Gasteiger partial charge is 0.223 e. The first-order chi connectivity index (χ1) is 14.2. The van der Waals surface area contributed by atoms with Gasteiger partial charge < -0.3 is 14.5 Å². The number of carbonyl (C=O) groups excluding carboxylic acids is 1. The molecule has 0 spiro atoms. The van der Waals surface area contributed by atoms with Gasteiger partial charge in [-0.25, -0.2) is 15.0 Å². The van der Waals surface area contributed by atoms with Crippen LogP contribution in [-0.4, -0.2) is 63.6 Å². The first-order valence-electron chi connectivity index (χ1n) is 9.69. The van der Waals surface area contributed by atoms with Crippen molar-refractivity contribution in [3.05, 3.63) is 60.9 Å². The first kappa shape index (κ1) is 18.9. The summed E-state index contributed by atoms with van der Waals surface area (Å²) in [7, 11) is 1.65. The summed E-state index contributed by atoms with van der Waals surface area (Å²) in [5.41, 5.74) is 1.14. The Hall–Kier alpha value is -3.42. The molecule has 1 amide bonds. The average Bonchev–Trinajstić information content (AvgIpc) is 3.33. The molecule has 3 aromatic rings. The second-order valence-corrected chi connectivity index (χ2v) is 6.92. The molecule has 4 rings (SSSR count). The molecule has 8 nitrogen and oxygen atoms in total. The molecule has 1 aliphatic heterocycles. The summed E-state index contributed by atoms with van der Waals surface area (Å²) in [5.74, 6) is 2.68. The van der Waals surface area contributed by atoms with E-state index in [4.69, 9.17) is 4.74 Å². The lowest BCUT2D eigenvalue weighted by Gasteiger charge is -2.35. The maximum Gasteiger partial charge on any atom is 0.223 e. The molecule has 0 bridgehead atoms. The maximum absolute atomic E-state index is 12.6. The van der Waals surface area contributed by atoms with Crippen molar-refractivity contribution >= 4 is 11.7 Å². The van der Waals surface area contributed by atoms with Gasteiger partial charge in [-0.3, -0.25) is 9.36 Å². The number of anilines is 1. The van der Waals surface area contributed by atoms with E-state index < -0.39 is 0 Å². The van der Waals surface area contributed by atoms with E-state index in [2.05, 4.69) is 19.9 Å². The Bertz CT molecular complexity index is 934. The molecule has 0 N–H and O–H groups in total. The maximum atomic E-state index is 12.6. The second-order valence-electron chi connectivity index (χ2n) is 6.92. The summed E-state index contributed by atoms with van der Waals surface area (Å²) < 4.78 is 7.02. The number of hydrogen-bond donors (Lipinski definition) is 0. The number of hydrogen-bond acceptors (Lipinski definition) is 6. The molecule has 2 aromatic heterocycles. The van der Waals surface area contributed by atoms with Crippen LogP contribution in [0.15, 0.2) is 55.4 Å². The molecular weight excluding hydrogens is 368 g/mol. The average molecular weight is 392 g/mol. The van der Waals surface area contributed by atoms with Crippen molar-refractivity contribution in [3.8, 4) is 11.6 Å². The van der Waals surface area contributed by atoms with Crippen LogP contribution in [0.25, 0.3) is 5.82 Å². The lowest BCUT2D eigenvalue weighted by atomic mass is 10.1. The molecule has 1 fully saturated rings. The molecule has 0 unspecified atom stereocenters. The second kappa shape index (κ2) is 8.72. The fourth-order valence-corrected chi connectivity index (χ4v) is 3.43. The van der Waals surface area contributed by atoms with Crippen molar-refractivity contribution in [2.75, 3.05) is 38.2 Å². The number of benzene rings is 1. The van der Waals surface area contributed by atoms with Crippen molar-refractivity contribution in [1.82, 2.24) is 24.4 Å². The van der Waals surface area contributed by atoms with Crippen LogP contribution in [0, 0.1) is 0 Å². The van der Waals surface area contributed by atoms with Crippen molar-refractivity contribution in [3.63, 3.8) is 0 Å². The number of piperazine rings is 1. The minimum atomic E-state index is 0.197. The summed E-state index contributed by atoms with van der Waals surface area (Å²) in [5, 5.41) is 0. The zero-order chi connectivity index (χ0) is 20.1. The highest BCUT2D eigenvalue weighted by Crippen LogP contribution is 2.17. The molecule has 0 radical (unpaired) electrons. The molecular formula is C21H24N6O2. The van der Waals surface area contributed by atoms with Gasteiger partial charge in [-0.2, -0.15) is 0 Å². The van der Waals surface area contributed by atoms with E-state index in [0.29, 0.717) is 19.5 Å². The highest BCUT2D eigenvalue weighted by molar-refractivity contribution is 5.76. The summed E-state index contributed by atoms with van der Waals surface area (Å²) in [6.07, 6.45) is 8.11. The summed E-state index contributed by atoms with van der Waals surface area (Å²) in [4.78, 5) is 29.5. The van der Waals surface area contributed by atoms with Crippen LogP contribution in [0.2, 0.25) is 0 Å². The highest BCUT2D eigenvalue weighted by atomic mass is 16.5. The predicted octanol–water partition coefficient (Wildman–Crippen LogP) is 1.95. The monoisotopic (exact) mass is 392 g/mol. The van der Waals surface area contributed by atoms with Gasteiger partial charge in [0.2, 0.25) is 5.91 Å². The molecule has 0 saturated carbocycles. The van der Waals surface area contributed by atoms with Crippen molar-refractivity contribution in [1.29, 1.82) is 0 Å². The summed E-state index contributed by atoms with van der Waals surface area (Å²) in [6, 6.07) is 9.83. The SMILES string of the molecule is COc1ccc(CCC(=O)N2CCN(c3cc(-n4ccnc4)ncn3)CC2)cc1. The van der Waals surface area contributed by atoms with Crippen LogP contribution in [0.5, 0.6) is 5.75 Å². The number of aromatic nitrogens is 4. The van der Waals surface area contributed by atoms with Gasteiger partial charge in [-0.15, -0.1) is 0 Å². The van der Waals surface area contributed by atoms with E-state index in [-0.39, 0.29) is 5.91 Å². The molecule has 1 aromatic carbocycles. The molecule has 8 heteroatoms. The Labute approximate surface area is 169 Å². The normalized spacial score (nSPS) is 14.1. The predicted molar refractivity (Wildman–Crippen MR) is 109 cm³/mol. The van der Waals surface area contributed by atoms with Gasteiger partial charge in [-0.05, 0) is 24.1 Å². The van der Waals surface area contributed by atoms with Crippen LogP contribution < -0.4 is 9.64 Å². The van der Waals surface area contributed by atoms with Crippen LogP contribution in [0.1, 0.15) is 12.0 Å². The van der Waals surface area contributed by atoms with E-state index >= 15 is 0 Å². The third kappa shape index (κ3) is 4.53. The van der Waals surface area contributed by atoms with E-state index in [1.54, 1.807) is 26.0 Å². The first-order valence-corrected chi connectivity index (χ1v) is 9.69. The zero-order valence-corrected chi connectivity index (χ0v) is 16.4. The molecule has 0 atom stereocenters. The number of amides is 1. The standard InChI is InChI=1S/C21H24N6O2/c1-29-18-5-2-17(3-6-18)4-7-21(28)26-12-10-25(11-13-26)19-14-20(24-15-23-19)27-9-8-22-16-27/h2-3,5-6,8-9,14-16H,4,7,10-13H2,1H3. The fourth-order valence-electron chi connectivity index (χ4n) is 3.43. The number of ether oxygens (including phenoxy) is 1. The lowest BCUT2D eigenvalue weighted by Crippen LogP contribution is -2.49. The van der Waals surface area contributed by atoms with E-state index in [0.717, 1.165) is 42.5 Å². The summed E-state index contributed by atoms with van der Waals surface area (Å²) in [6.45, 7) is 2.92. The van der Waals surface area contributed by atoms with Gasteiger partial charge >= 0.3 is 0 Å². The molecule has 29 heavy (non-hydrogen) atoms. The fraction of sp³-hybridized carbons (Fsp3) is 0.333.